The maximum absolute atomic E-state index is 11.4. The number of hydrogen-bond acceptors (Lipinski definition) is 5. The largest absolute Gasteiger partial charge is 0.507 e. The molecule has 6 atom stereocenters. The number of phenols is 1. The number of halogens is 1. The lowest BCUT2D eigenvalue weighted by Crippen LogP contribution is -2.20. The average molecular weight is 449 g/mol. The number of aliphatic hydroxyl groups is 2. The van der Waals surface area contributed by atoms with Gasteiger partial charge in [-0.2, -0.15) is 0 Å². The van der Waals surface area contributed by atoms with Crippen LogP contribution in [0.3, 0.4) is 0 Å². The highest BCUT2D eigenvalue weighted by Crippen LogP contribution is 2.47. The number of methoxy groups -OCH3 is 1. The summed E-state index contributed by atoms with van der Waals surface area (Å²) in [6.45, 7) is 3.70. The summed E-state index contributed by atoms with van der Waals surface area (Å²) < 4.78 is 4.67. The van der Waals surface area contributed by atoms with Crippen LogP contribution in [-0.4, -0.2) is 46.0 Å². The topological polar surface area (TPSA) is 87.0 Å². The second-order valence-corrected chi connectivity index (χ2v) is 8.75. The van der Waals surface area contributed by atoms with Crippen molar-refractivity contribution in [2.45, 2.75) is 69.5 Å². The Labute approximate surface area is 190 Å². The molecule has 0 radical (unpaired) electrons. The Kier molecular flexibility index (Phi) is 9.90. The van der Waals surface area contributed by atoms with Crippen molar-refractivity contribution in [3.05, 3.63) is 41.5 Å². The third-order valence-corrected chi connectivity index (χ3v) is 6.44. The monoisotopic (exact) mass is 448 g/mol. The molecule has 0 aromatic heterocycles. The molecular weight excluding hydrogens is 416 g/mol. The molecule has 170 valence electrons. The van der Waals surface area contributed by atoms with Crippen molar-refractivity contribution < 1.29 is 24.9 Å². The van der Waals surface area contributed by atoms with Crippen molar-refractivity contribution >= 4 is 17.6 Å². The molecule has 0 spiro atoms. The van der Waals surface area contributed by atoms with Gasteiger partial charge in [-0.3, -0.25) is 4.79 Å². The molecule has 1 aromatic carbocycles. The Morgan fingerprint density at radius 1 is 1.42 bits per heavy atom. The minimum absolute atomic E-state index is 0.0287. The highest BCUT2D eigenvalue weighted by atomic mass is 35.5. The molecule has 1 fully saturated rings. The van der Waals surface area contributed by atoms with E-state index in [9.17, 15) is 20.1 Å². The molecule has 0 saturated heterocycles. The first-order chi connectivity index (χ1) is 14.8. The summed E-state index contributed by atoms with van der Waals surface area (Å²) in [5.41, 5.74) is 1.42. The van der Waals surface area contributed by atoms with Crippen molar-refractivity contribution in [2.75, 3.05) is 7.11 Å². The van der Waals surface area contributed by atoms with Gasteiger partial charge >= 0.3 is 5.97 Å². The molecule has 3 N–H and O–H groups in total. The van der Waals surface area contributed by atoms with Crippen LogP contribution in [0.5, 0.6) is 5.75 Å². The number of carbonyl (C=O) groups excluding carboxylic acids is 1. The Balaban J connectivity index is 2.20. The third-order valence-electron chi connectivity index (χ3n) is 5.99. The van der Waals surface area contributed by atoms with Gasteiger partial charge in [-0.05, 0) is 43.2 Å². The predicted octanol–water partition coefficient (Wildman–Crippen LogP) is 3.93. The Morgan fingerprint density at radius 2 is 2.16 bits per heavy atom. The molecule has 6 heteroatoms. The van der Waals surface area contributed by atoms with E-state index in [1.54, 1.807) is 13.0 Å². The van der Waals surface area contributed by atoms with Crippen LogP contribution in [-0.2, 0) is 16.0 Å². The van der Waals surface area contributed by atoms with Gasteiger partial charge in [0.25, 0.3) is 0 Å². The number of para-hydroxylation sites is 1. The van der Waals surface area contributed by atoms with Gasteiger partial charge < -0.3 is 20.1 Å². The van der Waals surface area contributed by atoms with Crippen LogP contribution in [0.1, 0.15) is 56.6 Å². The van der Waals surface area contributed by atoms with Gasteiger partial charge in [0, 0.05) is 30.1 Å². The maximum Gasteiger partial charge on any atom is 0.305 e. The first kappa shape index (κ1) is 25.3. The van der Waals surface area contributed by atoms with Crippen LogP contribution in [0, 0.1) is 23.7 Å². The summed E-state index contributed by atoms with van der Waals surface area (Å²) in [6, 6.07) is 5.52. The number of hydrogen-bond donors (Lipinski definition) is 3. The summed E-state index contributed by atoms with van der Waals surface area (Å²) in [5, 5.41) is 31.6. The number of aromatic hydroxyl groups is 1. The molecule has 0 heterocycles. The highest BCUT2D eigenvalue weighted by molar-refractivity contribution is 6.21. The number of carbonyl (C=O) groups is 1. The van der Waals surface area contributed by atoms with Gasteiger partial charge in [0.1, 0.15) is 5.75 Å². The molecule has 0 amide bonds. The quantitative estimate of drug-likeness (QED) is 0.230. The Bertz CT molecular complexity index is 825. The predicted molar refractivity (Wildman–Crippen MR) is 122 cm³/mol. The minimum atomic E-state index is -0.679. The molecule has 1 saturated carbocycles. The van der Waals surface area contributed by atoms with Gasteiger partial charge in [0.2, 0.25) is 0 Å². The lowest BCUT2D eigenvalue weighted by Gasteiger charge is -2.24. The van der Waals surface area contributed by atoms with E-state index in [0.29, 0.717) is 31.2 Å². The van der Waals surface area contributed by atoms with Crippen LogP contribution >= 0.6 is 11.6 Å². The minimum Gasteiger partial charge on any atom is -0.507 e. The van der Waals surface area contributed by atoms with E-state index in [0.717, 1.165) is 5.56 Å². The van der Waals surface area contributed by atoms with E-state index in [1.165, 1.54) is 7.11 Å². The molecule has 1 aliphatic rings. The van der Waals surface area contributed by atoms with Gasteiger partial charge in [-0.1, -0.05) is 37.3 Å². The lowest BCUT2D eigenvalue weighted by atomic mass is 9.85. The maximum atomic E-state index is 11.4. The average Bonchev–Trinajstić information content (AvgIpc) is 3.03. The zero-order valence-corrected chi connectivity index (χ0v) is 19.2. The van der Waals surface area contributed by atoms with Crippen molar-refractivity contribution in [3.8, 4) is 17.6 Å². The second-order valence-electron chi connectivity index (χ2n) is 8.19. The molecule has 0 bridgehead atoms. The van der Waals surface area contributed by atoms with E-state index >= 15 is 0 Å². The number of rotatable bonds is 9. The standard InChI is InChI=1S/C25H33ClO5/c1-4-5-8-16(2)21(27)14-13-18-22(28)15-20(26)24(18)19-11-6-9-17(25(19)30)10-7-12-23(29)31-3/h6,9,11,13-14,16,18,20-22,24,27-28,30H,7-8,10,12,15H2,1-3H3/t16?,18-,20+,21?,22+,24-/m0/s1. The molecular formula is C25H33ClO5. The molecule has 31 heavy (non-hydrogen) atoms. The Morgan fingerprint density at radius 3 is 2.84 bits per heavy atom. The number of aryl methyl sites for hydroxylation is 1. The normalized spacial score (nSPS) is 25.1. The van der Waals surface area contributed by atoms with E-state index in [1.807, 2.05) is 31.2 Å². The first-order valence-electron chi connectivity index (χ1n) is 10.8. The van der Waals surface area contributed by atoms with Crippen molar-refractivity contribution in [3.63, 3.8) is 0 Å². The van der Waals surface area contributed by atoms with Crippen LogP contribution in [0.2, 0.25) is 0 Å². The summed E-state index contributed by atoms with van der Waals surface area (Å²) in [5.74, 6) is 5.04. The van der Waals surface area contributed by atoms with Crippen molar-refractivity contribution in [1.29, 1.82) is 0 Å². The van der Waals surface area contributed by atoms with Crippen molar-refractivity contribution in [2.24, 2.45) is 11.8 Å². The lowest BCUT2D eigenvalue weighted by molar-refractivity contribution is -0.140. The fourth-order valence-corrected chi connectivity index (χ4v) is 4.57. The summed E-state index contributed by atoms with van der Waals surface area (Å²) in [6.07, 6.45) is 4.55. The summed E-state index contributed by atoms with van der Waals surface area (Å²) in [4.78, 5) is 11.4. The van der Waals surface area contributed by atoms with Gasteiger partial charge in [0.05, 0.1) is 19.3 Å². The van der Waals surface area contributed by atoms with E-state index < -0.39 is 12.2 Å². The molecule has 1 aromatic rings. The van der Waals surface area contributed by atoms with Gasteiger partial charge in [0.15, 0.2) is 0 Å². The summed E-state index contributed by atoms with van der Waals surface area (Å²) >= 11 is 6.59. The zero-order valence-electron chi connectivity index (χ0n) is 18.4. The highest BCUT2D eigenvalue weighted by Gasteiger charge is 2.42. The molecule has 1 aliphatic carbocycles. The van der Waals surface area contributed by atoms with Gasteiger partial charge in [-0.25, -0.2) is 0 Å². The van der Waals surface area contributed by atoms with Crippen molar-refractivity contribution in [1.82, 2.24) is 0 Å². The number of phenolic OH excluding ortho intramolecular Hbond substituents is 1. The van der Waals surface area contributed by atoms with Crippen LogP contribution in [0.4, 0.5) is 0 Å². The van der Waals surface area contributed by atoms with Crippen LogP contribution in [0.15, 0.2) is 30.4 Å². The van der Waals surface area contributed by atoms with E-state index in [-0.39, 0.29) is 41.3 Å². The van der Waals surface area contributed by atoms with Gasteiger partial charge in [-0.15, -0.1) is 23.4 Å². The number of benzene rings is 1. The SMILES string of the molecule is CC#CCC(C)C(O)C=C[C@@H]1[C@@H](c2cccc(CCCC(=O)OC)c2O)[C@H](Cl)C[C@H]1O. The first-order valence-corrected chi connectivity index (χ1v) is 11.2. The number of esters is 1. The number of aliphatic hydroxyl groups excluding tert-OH is 2. The molecule has 5 nitrogen and oxygen atoms in total. The van der Waals surface area contributed by atoms with Crippen LogP contribution in [0.25, 0.3) is 0 Å². The molecule has 2 unspecified atom stereocenters. The molecule has 0 aliphatic heterocycles. The zero-order chi connectivity index (χ0) is 23.0. The number of ether oxygens (including phenoxy) is 1. The second kappa shape index (κ2) is 12.1. The Hall–Kier alpha value is -2.00. The number of alkyl halides is 1. The molecule has 2 rings (SSSR count). The summed E-state index contributed by atoms with van der Waals surface area (Å²) in [7, 11) is 1.36. The fraction of sp³-hybridized carbons (Fsp3) is 0.560. The fourth-order valence-electron chi connectivity index (χ4n) is 4.09. The van der Waals surface area contributed by atoms with Crippen LogP contribution < -0.4 is 0 Å². The van der Waals surface area contributed by atoms with E-state index in [4.69, 9.17) is 11.6 Å². The third kappa shape index (κ3) is 6.74. The smallest absolute Gasteiger partial charge is 0.305 e. The van der Waals surface area contributed by atoms with E-state index in [2.05, 4.69) is 16.6 Å².